The molecule has 1 aromatic heterocycles. The minimum absolute atomic E-state index is 0.0287. The average molecular weight is 463 g/mol. The topological polar surface area (TPSA) is 121 Å². The highest BCUT2D eigenvalue weighted by molar-refractivity contribution is 7.91. The van der Waals surface area contributed by atoms with E-state index in [2.05, 4.69) is 15.0 Å². The summed E-state index contributed by atoms with van der Waals surface area (Å²) in [5.41, 5.74) is 1.29. The molecule has 0 radical (unpaired) electrons. The van der Waals surface area contributed by atoms with E-state index in [1.165, 1.54) is 7.05 Å². The van der Waals surface area contributed by atoms with Gasteiger partial charge in [-0.25, -0.2) is 17.9 Å². The second kappa shape index (κ2) is 9.77. The number of rotatable bonds is 8. The molecule has 1 heterocycles. The molecule has 0 aliphatic heterocycles. The van der Waals surface area contributed by atoms with Crippen LogP contribution in [-0.4, -0.2) is 38.2 Å². The van der Waals surface area contributed by atoms with E-state index in [1.807, 2.05) is 13.0 Å². The van der Waals surface area contributed by atoms with Gasteiger partial charge in [0, 0.05) is 19.3 Å². The third kappa shape index (κ3) is 5.72. The molecule has 2 aromatic carbocycles. The monoisotopic (exact) mass is 462 g/mol. The van der Waals surface area contributed by atoms with Gasteiger partial charge in [-0.1, -0.05) is 41.7 Å². The summed E-state index contributed by atoms with van der Waals surface area (Å²) in [6, 6.07) is 15.2. The first-order valence-electron chi connectivity index (χ1n) is 9.31. The molecule has 31 heavy (non-hydrogen) atoms. The van der Waals surface area contributed by atoms with Gasteiger partial charge in [0.15, 0.2) is 9.34 Å². The normalized spacial score (nSPS) is 11.2. The zero-order valence-electron chi connectivity index (χ0n) is 16.9. The van der Waals surface area contributed by atoms with E-state index < -0.39 is 21.9 Å². The van der Waals surface area contributed by atoms with Crippen LogP contribution in [0.25, 0.3) is 0 Å². The second-order valence-electron chi connectivity index (χ2n) is 6.36. The van der Waals surface area contributed by atoms with Crippen LogP contribution in [0.4, 0.5) is 15.6 Å². The lowest BCUT2D eigenvalue weighted by atomic mass is 10.2. The number of sulfonamides is 1. The van der Waals surface area contributed by atoms with E-state index in [-0.39, 0.29) is 15.9 Å². The average Bonchev–Trinajstić information content (AvgIpc) is 3.16. The fourth-order valence-corrected chi connectivity index (χ4v) is 4.81. The van der Waals surface area contributed by atoms with Crippen molar-refractivity contribution in [1.29, 1.82) is 0 Å². The maximum atomic E-state index is 12.6. The van der Waals surface area contributed by atoms with Gasteiger partial charge in [0.05, 0.1) is 6.61 Å². The van der Waals surface area contributed by atoms with Crippen molar-refractivity contribution in [3.8, 4) is 11.6 Å². The van der Waals surface area contributed by atoms with Crippen molar-refractivity contribution in [2.24, 2.45) is 0 Å². The summed E-state index contributed by atoms with van der Waals surface area (Å²) in [6.45, 7) is 2.47. The lowest BCUT2D eigenvalue weighted by Gasteiger charge is -2.15. The molecule has 0 aliphatic rings. The van der Waals surface area contributed by atoms with E-state index in [1.54, 1.807) is 48.5 Å². The SMILES string of the molecule is CCOc1ccc(NC(=O)N(C)c2nc(O)c(S(=O)(=O)NCc3ccccc3)s2)cc1. The number of carbonyl (C=O) groups excluding carboxylic acids is 1. The summed E-state index contributed by atoms with van der Waals surface area (Å²) in [7, 11) is -2.59. The number of thiazole rings is 1. The first-order chi connectivity index (χ1) is 14.8. The lowest BCUT2D eigenvalue weighted by molar-refractivity contribution is 0.258. The van der Waals surface area contributed by atoms with E-state index >= 15 is 0 Å². The molecule has 3 N–H and O–H groups in total. The molecule has 0 bridgehead atoms. The first-order valence-corrected chi connectivity index (χ1v) is 11.6. The number of urea groups is 1. The molecule has 0 fully saturated rings. The van der Waals surface area contributed by atoms with Crippen molar-refractivity contribution in [3.05, 3.63) is 60.2 Å². The number of hydrogen-bond acceptors (Lipinski definition) is 7. The number of aromatic nitrogens is 1. The molecule has 0 atom stereocenters. The van der Waals surface area contributed by atoms with Crippen LogP contribution in [-0.2, 0) is 16.6 Å². The van der Waals surface area contributed by atoms with Gasteiger partial charge in [0.2, 0.25) is 5.88 Å². The number of amides is 2. The Kier molecular flexibility index (Phi) is 7.10. The Hall–Kier alpha value is -3.15. The van der Waals surface area contributed by atoms with Crippen molar-refractivity contribution in [3.63, 3.8) is 0 Å². The molecular formula is C20H22N4O5S2. The quantitative estimate of drug-likeness (QED) is 0.472. The smallest absolute Gasteiger partial charge is 0.327 e. The Bertz CT molecular complexity index is 1130. The van der Waals surface area contributed by atoms with Crippen LogP contribution >= 0.6 is 11.3 Å². The van der Waals surface area contributed by atoms with Gasteiger partial charge in [0.25, 0.3) is 10.0 Å². The predicted octanol–water partition coefficient (Wildman–Crippen LogP) is 3.39. The number of ether oxygens (including phenoxy) is 1. The summed E-state index contributed by atoms with van der Waals surface area (Å²) < 4.78 is 32.6. The number of hydrogen-bond donors (Lipinski definition) is 3. The van der Waals surface area contributed by atoms with E-state index in [4.69, 9.17) is 4.74 Å². The van der Waals surface area contributed by atoms with Crippen LogP contribution < -0.4 is 19.7 Å². The van der Waals surface area contributed by atoms with Crippen LogP contribution in [0, 0.1) is 0 Å². The molecular weight excluding hydrogens is 440 g/mol. The molecule has 0 saturated heterocycles. The summed E-state index contributed by atoms with van der Waals surface area (Å²) in [5.74, 6) is 0.0119. The van der Waals surface area contributed by atoms with Gasteiger partial charge in [-0.3, -0.25) is 4.90 Å². The minimum Gasteiger partial charge on any atom is -0.494 e. The van der Waals surface area contributed by atoms with Gasteiger partial charge in [-0.15, -0.1) is 0 Å². The molecule has 0 spiro atoms. The van der Waals surface area contributed by atoms with Crippen molar-refractivity contribution in [1.82, 2.24) is 9.71 Å². The predicted molar refractivity (Wildman–Crippen MR) is 119 cm³/mol. The molecule has 0 saturated carbocycles. The zero-order valence-corrected chi connectivity index (χ0v) is 18.5. The van der Waals surface area contributed by atoms with Crippen LogP contribution in [0.1, 0.15) is 12.5 Å². The van der Waals surface area contributed by atoms with Gasteiger partial charge in [0.1, 0.15) is 5.75 Å². The highest BCUT2D eigenvalue weighted by Gasteiger charge is 2.26. The third-order valence-electron chi connectivity index (χ3n) is 4.13. The standard InChI is InChI=1S/C20H22N4O5S2/c1-3-29-16-11-9-15(10-12-16)22-19(26)24(2)20-23-17(25)18(30-20)31(27,28)21-13-14-7-5-4-6-8-14/h4-12,21,25H,3,13H2,1-2H3,(H,22,26). The summed E-state index contributed by atoms with van der Waals surface area (Å²) >= 11 is 0.691. The molecule has 2 amide bonds. The van der Waals surface area contributed by atoms with Gasteiger partial charge < -0.3 is 15.2 Å². The fraction of sp³-hybridized carbons (Fsp3) is 0.200. The Morgan fingerprint density at radius 1 is 1.16 bits per heavy atom. The molecule has 0 aliphatic carbocycles. The second-order valence-corrected chi connectivity index (χ2v) is 9.30. The molecule has 3 aromatic rings. The van der Waals surface area contributed by atoms with Crippen LogP contribution in [0.2, 0.25) is 0 Å². The molecule has 164 valence electrons. The highest BCUT2D eigenvalue weighted by atomic mass is 32.2. The summed E-state index contributed by atoms with van der Waals surface area (Å²) in [5, 5.41) is 12.8. The molecule has 11 heteroatoms. The van der Waals surface area contributed by atoms with E-state index in [9.17, 15) is 18.3 Å². The van der Waals surface area contributed by atoms with E-state index in [0.717, 1.165) is 10.5 Å². The van der Waals surface area contributed by atoms with Crippen molar-refractivity contribution in [2.45, 2.75) is 17.7 Å². The highest BCUT2D eigenvalue weighted by Crippen LogP contribution is 2.34. The van der Waals surface area contributed by atoms with Crippen molar-refractivity contribution in [2.75, 3.05) is 23.9 Å². The molecule has 0 unspecified atom stereocenters. The number of anilines is 2. The third-order valence-corrected chi connectivity index (χ3v) is 7.15. The number of nitrogens with one attached hydrogen (secondary N) is 2. The van der Waals surface area contributed by atoms with Gasteiger partial charge in [-0.05, 0) is 36.8 Å². The maximum absolute atomic E-state index is 12.6. The van der Waals surface area contributed by atoms with E-state index in [0.29, 0.717) is 29.4 Å². The summed E-state index contributed by atoms with van der Waals surface area (Å²) in [6.07, 6.45) is 0. The minimum atomic E-state index is -4.01. The first kappa shape index (κ1) is 22.5. The Labute approximate surface area is 184 Å². The lowest BCUT2D eigenvalue weighted by Crippen LogP contribution is -2.31. The van der Waals surface area contributed by atoms with Gasteiger partial charge >= 0.3 is 6.03 Å². The maximum Gasteiger partial charge on any atom is 0.327 e. The Morgan fingerprint density at radius 3 is 2.48 bits per heavy atom. The molecule has 3 rings (SSSR count). The largest absolute Gasteiger partial charge is 0.494 e. The number of aromatic hydroxyl groups is 1. The number of benzene rings is 2. The van der Waals surface area contributed by atoms with Crippen LogP contribution in [0.3, 0.4) is 0 Å². The Balaban J connectivity index is 1.69. The van der Waals surface area contributed by atoms with Crippen LogP contribution in [0.15, 0.2) is 58.8 Å². The fourth-order valence-electron chi connectivity index (χ4n) is 2.54. The number of nitrogens with zero attached hydrogens (tertiary/aromatic N) is 2. The molecule has 9 nitrogen and oxygen atoms in total. The van der Waals surface area contributed by atoms with Gasteiger partial charge in [-0.2, -0.15) is 4.98 Å². The Morgan fingerprint density at radius 2 is 1.84 bits per heavy atom. The summed E-state index contributed by atoms with van der Waals surface area (Å²) in [4.78, 5) is 17.5. The van der Waals surface area contributed by atoms with Crippen molar-refractivity contribution >= 4 is 38.2 Å². The van der Waals surface area contributed by atoms with Crippen molar-refractivity contribution < 1.29 is 23.1 Å². The van der Waals surface area contributed by atoms with Crippen LogP contribution in [0.5, 0.6) is 11.6 Å². The number of carbonyl (C=O) groups is 1. The zero-order chi connectivity index (χ0) is 22.4.